The van der Waals surface area contributed by atoms with Crippen LogP contribution in [0.1, 0.15) is 0 Å². The van der Waals surface area contributed by atoms with Crippen LogP contribution in [0, 0.1) is 0 Å². The van der Waals surface area contributed by atoms with Gasteiger partial charge in [0.1, 0.15) is 5.75 Å². The molecule has 7 heteroatoms. The Bertz CT molecular complexity index is 575. The van der Waals surface area contributed by atoms with Crippen LogP contribution in [-0.4, -0.2) is 27.9 Å². The summed E-state index contributed by atoms with van der Waals surface area (Å²) >= 11 is 7.16. The van der Waals surface area contributed by atoms with Gasteiger partial charge in [-0.1, -0.05) is 11.6 Å². The molecule has 2 rings (SSSR count). The third-order valence-corrected chi connectivity index (χ3v) is 2.97. The molecule has 5 nitrogen and oxygen atoms in total. The first kappa shape index (κ1) is 14.6. The van der Waals surface area contributed by atoms with Gasteiger partial charge in [0.15, 0.2) is 0 Å². The van der Waals surface area contributed by atoms with E-state index in [9.17, 15) is 4.79 Å². The van der Waals surface area contributed by atoms with E-state index in [-0.39, 0.29) is 11.9 Å². The lowest BCUT2D eigenvalue weighted by molar-refractivity contribution is -0.113. The second kappa shape index (κ2) is 7.12. The van der Waals surface area contributed by atoms with Gasteiger partial charge in [-0.2, -0.15) is 11.8 Å². The third-order valence-electron chi connectivity index (χ3n) is 2.22. The van der Waals surface area contributed by atoms with Crippen molar-refractivity contribution >= 4 is 35.0 Å². The first-order valence-electron chi connectivity index (χ1n) is 5.71. The summed E-state index contributed by atoms with van der Waals surface area (Å²) in [5, 5.41) is 3.23. The first-order chi connectivity index (χ1) is 9.67. The van der Waals surface area contributed by atoms with Gasteiger partial charge in [-0.25, -0.2) is 9.97 Å². The molecule has 1 amide bonds. The van der Waals surface area contributed by atoms with Gasteiger partial charge in [0.2, 0.25) is 5.91 Å². The molecular formula is C13H12ClN3O2S. The highest BCUT2D eigenvalue weighted by Crippen LogP contribution is 2.20. The maximum absolute atomic E-state index is 11.4. The topological polar surface area (TPSA) is 64.1 Å². The van der Waals surface area contributed by atoms with Crippen molar-refractivity contribution in [1.82, 2.24) is 9.97 Å². The lowest BCUT2D eigenvalue weighted by Crippen LogP contribution is -2.13. The summed E-state index contributed by atoms with van der Waals surface area (Å²) in [6, 6.07) is 7.18. The molecule has 0 aliphatic rings. The molecule has 0 spiro atoms. The molecular weight excluding hydrogens is 298 g/mol. The van der Waals surface area contributed by atoms with E-state index < -0.39 is 0 Å². The number of aromatic nitrogens is 2. The number of ether oxygens (including phenoxy) is 1. The minimum absolute atomic E-state index is 0.0350. The summed E-state index contributed by atoms with van der Waals surface area (Å²) in [7, 11) is 0. The molecule has 0 bridgehead atoms. The van der Waals surface area contributed by atoms with Crippen molar-refractivity contribution in [3.63, 3.8) is 0 Å². The van der Waals surface area contributed by atoms with Gasteiger partial charge in [0.05, 0.1) is 23.2 Å². The van der Waals surface area contributed by atoms with Gasteiger partial charge >= 0.3 is 6.01 Å². The normalized spacial score (nSPS) is 10.1. The number of amides is 1. The number of hydrogen-bond acceptors (Lipinski definition) is 5. The van der Waals surface area contributed by atoms with Gasteiger partial charge in [0.25, 0.3) is 0 Å². The van der Waals surface area contributed by atoms with E-state index in [4.69, 9.17) is 16.3 Å². The van der Waals surface area contributed by atoms with E-state index in [1.165, 1.54) is 24.2 Å². The van der Waals surface area contributed by atoms with E-state index in [0.717, 1.165) is 0 Å². The second-order valence-corrected chi connectivity index (χ2v) is 5.09. The van der Waals surface area contributed by atoms with Crippen LogP contribution in [0.25, 0.3) is 0 Å². The van der Waals surface area contributed by atoms with Crippen LogP contribution in [0.4, 0.5) is 5.69 Å². The Balaban J connectivity index is 1.97. The minimum Gasteiger partial charge on any atom is -0.424 e. The number of halogens is 1. The van der Waals surface area contributed by atoms with Crippen molar-refractivity contribution in [2.75, 3.05) is 17.3 Å². The minimum atomic E-state index is -0.0350. The summed E-state index contributed by atoms with van der Waals surface area (Å²) in [5.74, 6) is 0.971. The Morgan fingerprint density at radius 1 is 1.30 bits per heavy atom. The highest BCUT2D eigenvalue weighted by Gasteiger charge is 2.03. The quantitative estimate of drug-likeness (QED) is 0.918. The molecule has 1 heterocycles. The number of anilines is 1. The van der Waals surface area contributed by atoms with Crippen molar-refractivity contribution < 1.29 is 9.53 Å². The van der Waals surface area contributed by atoms with E-state index in [0.29, 0.717) is 22.2 Å². The summed E-state index contributed by atoms with van der Waals surface area (Å²) in [4.78, 5) is 19.3. The smallest absolute Gasteiger partial charge is 0.321 e. The van der Waals surface area contributed by atoms with Crippen LogP contribution in [0.3, 0.4) is 0 Å². The molecule has 2 aromatic rings. The lowest BCUT2D eigenvalue weighted by Gasteiger charge is -2.06. The zero-order valence-corrected chi connectivity index (χ0v) is 12.2. The number of carbonyl (C=O) groups excluding carboxylic acids is 1. The Morgan fingerprint density at radius 2 is 1.95 bits per heavy atom. The average molecular weight is 310 g/mol. The third kappa shape index (κ3) is 4.40. The predicted octanol–water partition coefficient (Wildman–Crippen LogP) is 3.22. The maximum Gasteiger partial charge on any atom is 0.321 e. The van der Waals surface area contributed by atoms with Crippen LogP contribution < -0.4 is 10.1 Å². The van der Waals surface area contributed by atoms with E-state index in [2.05, 4.69) is 15.3 Å². The number of hydrogen-bond donors (Lipinski definition) is 1. The molecule has 20 heavy (non-hydrogen) atoms. The number of benzene rings is 1. The molecule has 0 aliphatic heterocycles. The van der Waals surface area contributed by atoms with Gasteiger partial charge in [0, 0.05) is 5.69 Å². The van der Waals surface area contributed by atoms with Gasteiger partial charge in [-0.15, -0.1) is 0 Å². The number of carbonyl (C=O) groups is 1. The standard InChI is InChI=1S/C13H12ClN3O2S/c1-20-8-12(18)17-10-2-4-11(5-3-10)19-13-15-6-9(14)7-16-13/h2-7H,8H2,1H3,(H,17,18). The van der Waals surface area contributed by atoms with Crippen LogP contribution in [0.15, 0.2) is 36.7 Å². The highest BCUT2D eigenvalue weighted by molar-refractivity contribution is 7.99. The summed E-state index contributed by atoms with van der Waals surface area (Å²) < 4.78 is 5.44. The first-order valence-corrected chi connectivity index (χ1v) is 7.49. The van der Waals surface area contributed by atoms with E-state index in [1.807, 2.05) is 6.26 Å². The molecule has 0 radical (unpaired) electrons. The summed E-state index contributed by atoms with van der Waals surface area (Å²) in [5.41, 5.74) is 0.716. The van der Waals surface area contributed by atoms with E-state index in [1.54, 1.807) is 24.3 Å². The second-order valence-electron chi connectivity index (χ2n) is 3.79. The van der Waals surface area contributed by atoms with Crippen LogP contribution >= 0.6 is 23.4 Å². The Morgan fingerprint density at radius 3 is 2.55 bits per heavy atom. The van der Waals surface area contributed by atoms with Gasteiger partial charge in [-0.05, 0) is 30.5 Å². The molecule has 1 aromatic heterocycles. The molecule has 104 valence electrons. The zero-order valence-electron chi connectivity index (χ0n) is 10.7. The fourth-order valence-corrected chi connectivity index (χ4v) is 1.82. The fraction of sp³-hybridized carbons (Fsp3) is 0.154. The van der Waals surface area contributed by atoms with Gasteiger partial charge in [-0.3, -0.25) is 4.79 Å². The number of nitrogens with one attached hydrogen (secondary N) is 1. The van der Waals surface area contributed by atoms with E-state index >= 15 is 0 Å². The van der Waals surface area contributed by atoms with Crippen molar-refractivity contribution in [3.8, 4) is 11.8 Å². The van der Waals surface area contributed by atoms with Crippen LogP contribution in [-0.2, 0) is 4.79 Å². The average Bonchev–Trinajstić information content (AvgIpc) is 2.44. The predicted molar refractivity (Wildman–Crippen MR) is 80.6 cm³/mol. The maximum atomic E-state index is 11.4. The summed E-state index contributed by atoms with van der Waals surface area (Å²) in [6.45, 7) is 0. The van der Waals surface area contributed by atoms with Crippen LogP contribution in [0.2, 0.25) is 5.02 Å². The number of thioether (sulfide) groups is 1. The van der Waals surface area contributed by atoms with Crippen molar-refractivity contribution in [1.29, 1.82) is 0 Å². The largest absolute Gasteiger partial charge is 0.424 e. The SMILES string of the molecule is CSCC(=O)Nc1ccc(Oc2ncc(Cl)cn2)cc1. The molecule has 0 saturated heterocycles. The highest BCUT2D eigenvalue weighted by atomic mass is 35.5. The Kier molecular flexibility index (Phi) is 5.20. The van der Waals surface area contributed by atoms with Crippen molar-refractivity contribution in [2.45, 2.75) is 0 Å². The molecule has 0 atom stereocenters. The van der Waals surface area contributed by atoms with Gasteiger partial charge < -0.3 is 10.1 Å². The number of nitrogens with zero attached hydrogens (tertiary/aromatic N) is 2. The molecule has 1 N–H and O–H groups in total. The Hall–Kier alpha value is -1.79. The molecule has 0 saturated carbocycles. The Labute approximate surface area is 125 Å². The fourth-order valence-electron chi connectivity index (χ4n) is 1.39. The molecule has 0 unspecified atom stereocenters. The zero-order chi connectivity index (χ0) is 14.4. The number of rotatable bonds is 5. The molecule has 0 aliphatic carbocycles. The summed E-state index contributed by atoms with van der Waals surface area (Å²) in [6.07, 6.45) is 4.80. The van der Waals surface area contributed by atoms with Crippen molar-refractivity contribution in [3.05, 3.63) is 41.7 Å². The molecule has 1 aromatic carbocycles. The molecule has 0 fully saturated rings. The van der Waals surface area contributed by atoms with Crippen molar-refractivity contribution in [2.24, 2.45) is 0 Å². The van der Waals surface area contributed by atoms with Crippen LogP contribution in [0.5, 0.6) is 11.8 Å². The monoisotopic (exact) mass is 309 g/mol. The lowest BCUT2D eigenvalue weighted by atomic mass is 10.3.